The van der Waals surface area contributed by atoms with Crippen LogP contribution in [0.5, 0.6) is 11.5 Å². The third kappa shape index (κ3) is 5.01. The number of nitrogens with one attached hydrogen (secondary N) is 1. The summed E-state index contributed by atoms with van der Waals surface area (Å²) in [5.41, 5.74) is 10.4. The molecular formula is C27H28N6O3. The van der Waals surface area contributed by atoms with Gasteiger partial charge in [0.1, 0.15) is 12.4 Å². The van der Waals surface area contributed by atoms with E-state index >= 15 is 0 Å². The first-order valence-corrected chi connectivity index (χ1v) is 11.8. The number of hydrogen-bond acceptors (Lipinski definition) is 8. The Morgan fingerprint density at radius 2 is 1.83 bits per heavy atom. The zero-order valence-electron chi connectivity index (χ0n) is 20.0. The Bertz CT molecular complexity index is 1490. The summed E-state index contributed by atoms with van der Waals surface area (Å²) in [6.45, 7) is 1.27. The maximum atomic E-state index is 9.05. The Labute approximate surface area is 208 Å². The van der Waals surface area contributed by atoms with Gasteiger partial charge in [-0.2, -0.15) is 9.50 Å². The lowest BCUT2D eigenvalue weighted by molar-refractivity contribution is 0.284. The van der Waals surface area contributed by atoms with Crippen molar-refractivity contribution in [3.05, 3.63) is 83.7 Å². The second-order valence-electron chi connectivity index (χ2n) is 8.41. The summed E-state index contributed by atoms with van der Waals surface area (Å²) >= 11 is 0. The molecule has 5 aromatic rings. The van der Waals surface area contributed by atoms with Crippen LogP contribution in [0.3, 0.4) is 0 Å². The predicted octanol–water partition coefficient (Wildman–Crippen LogP) is 3.83. The van der Waals surface area contributed by atoms with Gasteiger partial charge >= 0.3 is 0 Å². The summed E-state index contributed by atoms with van der Waals surface area (Å²) < 4.78 is 13.3. The number of ether oxygens (including phenoxy) is 2. The molecule has 2 heterocycles. The molecule has 0 aliphatic rings. The number of fused-ring (bicyclic) bond motifs is 3. The summed E-state index contributed by atoms with van der Waals surface area (Å²) in [6, 6.07) is 21.7. The molecule has 3 aromatic carbocycles. The van der Waals surface area contributed by atoms with Crippen LogP contribution < -0.4 is 20.5 Å². The molecule has 2 aromatic heterocycles. The zero-order chi connectivity index (χ0) is 24.9. The summed E-state index contributed by atoms with van der Waals surface area (Å²) in [5, 5.41) is 17.6. The van der Waals surface area contributed by atoms with Crippen molar-refractivity contribution in [2.24, 2.45) is 0 Å². The van der Waals surface area contributed by atoms with Gasteiger partial charge in [0.05, 0.1) is 12.6 Å². The lowest BCUT2D eigenvalue weighted by atomic mass is 10.1. The molecule has 0 atom stereocenters. The summed E-state index contributed by atoms with van der Waals surface area (Å²) in [5.74, 6) is 2.21. The van der Waals surface area contributed by atoms with Gasteiger partial charge in [0.2, 0.25) is 5.95 Å². The van der Waals surface area contributed by atoms with Gasteiger partial charge in [-0.15, -0.1) is 5.10 Å². The van der Waals surface area contributed by atoms with Crippen molar-refractivity contribution in [2.45, 2.75) is 19.4 Å². The van der Waals surface area contributed by atoms with Crippen molar-refractivity contribution in [1.29, 1.82) is 0 Å². The Morgan fingerprint density at radius 3 is 2.64 bits per heavy atom. The van der Waals surface area contributed by atoms with Crippen molar-refractivity contribution in [3.8, 4) is 11.5 Å². The number of aliphatic hydroxyl groups excluding tert-OH is 1. The smallest absolute Gasteiger partial charge is 0.240 e. The van der Waals surface area contributed by atoms with Gasteiger partial charge in [0.15, 0.2) is 17.1 Å². The first-order chi connectivity index (χ1) is 17.6. The predicted molar refractivity (Wildman–Crippen MR) is 139 cm³/mol. The molecule has 0 radical (unpaired) electrons. The molecule has 0 unspecified atom stereocenters. The molecule has 0 saturated carbocycles. The van der Waals surface area contributed by atoms with E-state index in [2.05, 4.69) is 15.4 Å². The average molecular weight is 485 g/mol. The molecule has 0 saturated heterocycles. The number of nitrogen functional groups attached to an aromatic ring is 1. The van der Waals surface area contributed by atoms with Crippen molar-refractivity contribution >= 4 is 28.2 Å². The fraction of sp³-hybridized carbons (Fsp3) is 0.222. The molecular weight excluding hydrogens is 456 g/mol. The topological polar surface area (TPSA) is 120 Å². The van der Waals surface area contributed by atoms with Crippen LogP contribution in [0.1, 0.15) is 23.4 Å². The molecule has 0 amide bonds. The minimum atomic E-state index is 0.141. The van der Waals surface area contributed by atoms with Gasteiger partial charge in [-0.1, -0.05) is 36.4 Å². The number of anilines is 2. The van der Waals surface area contributed by atoms with Crippen LogP contribution >= 0.6 is 0 Å². The average Bonchev–Trinajstić information content (AvgIpc) is 3.30. The van der Waals surface area contributed by atoms with Crippen LogP contribution in [0.15, 0.2) is 66.7 Å². The molecule has 0 aliphatic heterocycles. The highest BCUT2D eigenvalue weighted by atomic mass is 16.5. The lowest BCUT2D eigenvalue weighted by Gasteiger charge is -2.13. The molecule has 0 fully saturated rings. The van der Waals surface area contributed by atoms with Gasteiger partial charge in [-0.25, -0.2) is 4.98 Å². The highest BCUT2D eigenvalue weighted by Crippen LogP contribution is 2.30. The SMILES string of the molecule is COc1cc(Cc2nc3cc(NCCCO)ccc3c3nc(N)nn23)ccc1OCc1ccccc1. The maximum Gasteiger partial charge on any atom is 0.240 e. The molecule has 0 aliphatic carbocycles. The van der Waals surface area contributed by atoms with Gasteiger partial charge in [-0.3, -0.25) is 0 Å². The number of rotatable bonds is 10. The summed E-state index contributed by atoms with van der Waals surface area (Å²) in [4.78, 5) is 9.34. The second kappa shape index (κ2) is 10.5. The van der Waals surface area contributed by atoms with E-state index in [9.17, 15) is 0 Å². The van der Waals surface area contributed by atoms with E-state index in [-0.39, 0.29) is 12.6 Å². The van der Waals surface area contributed by atoms with E-state index in [1.165, 1.54) is 0 Å². The molecule has 0 spiro atoms. The van der Waals surface area contributed by atoms with Crippen LogP contribution in [0.2, 0.25) is 0 Å². The maximum absolute atomic E-state index is 9.05. The number of aromatic nitrogens is 4. The quantitative estimate of drug-likeness (QED) is 0.256. The molecule has 36 heavy (non-hydrogen) atoms. The fourth-order valence-electron chi connectivity index (χ4n) is 4.08. The Hall–Kier alpha value is -4.37. The van der Waals surface area contributed by atoms with E-state index in [0.29, 0.717) is 49.0 Å². The highest BCUT2D eigenvalue weighted by Gasteiger charge is 2.15. The van der Waals surface area contributed by atoms with Crippen molar-refractivity contribution in [3.63, 3.8) is 0 Å². The first kappa shape index (κ1) is 23.4. The third-order valence-corrected chi connectivity index (χ3v) is 5.85. The van der Waals surface area contributed by atoms with Gasteiger partial charge in [0, 0.05) is 30.6 Å². The third-order valence-electron chi connectivity index (χ3n) is 5.85. The number of benzene rings is 3. The van der Waals surface area contributed by atoms with Crippen LogP contribution in [0.25, 0.3) is 16.6 Å². The molecule has 184 valence electrons. The van der Waals surface area contributed by atoms with Crippen molar-refractivity contribution < 1.29 is 14.6 Å². The Kier molecular flexibility index (Phi) is 6.81. The minimum absolute atomic E-state index is 0.141. The van der Waals surface area contributed by atoms with Crippen LogP contribution in [-0.2, 0) is 13.0 Å². The van der Waals surface area contributed by atoms with Crippen LogP contribution in [0, 0.1) is 0 Å². The second-order valence-corrected chi connectivity index (χ2v) is 8.41. The van der Waals surface area contributed by atoms with E-state index in [4.69, 9.17) is 25.3 Å². The van der Waals surface area contributed by atoms with Crippen molar-refractivity contribution in [2.75, 3.05) is 31.3 Å². The molecule has 9 nitrogen and oxygen atoms in total. The van der Waals surface area contributed by atoms with E-state index < -0.39 is 0 Å². The van der Waals surface area contributed by atoms with Crippen LogP contribution in [-0.4, -0.2) is 45.0 Å². The number of nitrogens with two attached hydrogens (primary N) is 1. The number of aliphatic hydroxyl groups is 1. The molecule has 4 N–H and O–H groups in total. The van der Waals surface area contributed by atoms with Crippen molar-refractivity contribution in [1.82, 2.24) is 19.6 Å². The Balaban J connectivity index is 1.44. The summed E-state index contributed by atoms with van der Waals surface area (Å²) in [7, 11) is 1.63. The molecule has 9 heteroatoms. The normalized spacial score (nSPS) is 11.2. The van der Waals surface area contributed by atoms with Gasteiger partial charge in [-0.05, 0) is 47.9 Å². The van der Waals surface area contributed by atoms with E-state index in [0.717, 1.165) is 27.7 Å². The van der Waals surface area contributed by atoms with E-state index in [1.807, 2.05) is 66.7 Å². The minimum Gasteiger partial charge on any atom is -0.493 e. The first-order valence-electron chi connectivity index (χ1n) is 11.8. The highest BCUT2D eigenvalue weighted by molar-refractivity contribution is 5.93. The molecule has 0 bridgehead atoms. The van der Waals surface area contributed by atoms with Gasteiger partial charge < -0.3 is 25.6 Å². The summed E-state index contributed by atoms with van der Waals surface area (Å²) in [6.07, 6.45) is 1.16. The number of nitrogens with zero attached hydrogens (tertiary/aromatic N) is 4. The lowest BCUT2D eigenvalue weighted by Crippen LogP contribution is -2.07. The monoisotopic (exact) mass is 484 g/mol. The Morgan fingerprint density at radius 1 is 0.972 bits per heavy atom. The fourth-order valence-corrected chi connectivity index (χ4v) is 4.08. The number of methoxy groups -OCH3 is 1. The van der Waals surface area contributed by atoms with Gasteiger partial charge in [0.25, 0.3) is 0 Å². The number of hydrogen-bond donors (Lipinski definition) is 3. The zero-order valence-corrected chi connectivity index (χ0v) is 20.0. The molecule has 5 rings (SSSR count). The van der Waals surface area contributed by atoms with Crippen LogP contribution in [0.4, 0.5) is 11.6 Å². The van der Waals surface area contributed by atoms with E-state index in [1.54, 1.807) is 11.6 Å². The largest absolute Gasteiger partial charge is 0.493 e. The standard InChI is InChI=1S/C27H28N6O3/c1-35-24-14-19(8-11-23(24)36-17-18-6-3-2-4-7-18)15-25-30-22-16-20(29-12-5-13-34)9-10-21(22)26-31-27(28)32-33(25)26/h2-4,6-11,14,16,29,34H,5,12-13,15,17H2,1H3,(H2,28,32).